The molecule has 5 nitrogen and oxygen atoms in total. The van der Waals surface area contributed by atoms with Crippen LogP contribution in [0.1, 0.15) is 71.1 Å². The van der Waals surface area contributed by atoms with Gasteiger partial charge in [-0.1, -0.05) is 32.6 Å². The summed E-state index contributed by atoms with van der Waals surface area (Å²) in [7, 11) is 0. The summed E-state index contributed by atoms with van der Waals surface area (Å²) in [6.07, 6.45) is 10.3. The Morgan fingerprint density at radius 2 is 1.78 bits per heavy atom. The molecule has 0 aromatic rings. The van der Waals surface area contributed by atoms with Crippen molar-refractivity contribution in [2.45, 2.75) is 82.8 Å². The lowest BCUT2D eigenvalue weighted by atomic mass is 9.47. The first kappa shape index (κ1) is 15.7. The van der Waals surface area contributed by atoms with Crippen LogP contribution in [0.25, 0.3) is 0 Å². The number of hydrogen-bond donors (Lipinski definition) is 1. The van der Waals surface area contributed by atoms with Gasteiger partial charge in [0.05, 0.1) is 5.60 Å². The molecule has 130 valence electrons. The summed E-state index contributed by atoms with van der Waals surface area (Å²) in [6.45, 7) is 2.27. The summed E-state index contributed by atoms with van der Waals surface area (Å²) in [5, 5.41) is 22.3. The fourth-order valence-electron chi connectivity index (χ4n) is 7.08. The van der Waals surface area contributed by atoms with Crippen molar-refractivity contribution in [1.29, 1.82) is 0 Å². The summed E-state index contributed by atoms with van der Waals surface area (Å²) < 4.78 is 0. The Kier molecular flexibility index (Phi) is 3.63. The van der Waals surface area contributed by atoms with Crippen molar-refractivity contribution in [1.82, 2.24) is 0 Å². The molecule has 1 N–H and O–H groups in total. The topological polar surface area (TPSA) is 72.6 Å². The van der Waals surface area contributed by atoms with Gasteiger partial charge in [-0.3, -0.25) is 0 Å². The first-order valence-corrected chi connectivity index (χ1v) is 9.48. The molecule has 4 fully saturated rings. The average molecular weight is 323 g/mol. The molecule has 0 radical (unpaired) electrons. The van der Waals surface area contributed by atoms with Crippen molar-refractivity contribution >= 4 is 0 Å². The minimum Gasteiger partial charge on any atom is -0.387 e. The third kappa shape index (κ3) is 2.22. The molecule has 0 amide bonds. The van der Waals surface area contributed by atoms with Crippen LogP contribution in [-0.2, 0) is 4.84 Å². The van der Waals surface area contributed by atoms with Crippen molar-refractivity contribution in [3.63, 3.8) is 0 Å². The number of nitrogens with zero attached hydrogens (tertiary/aromatic N) is 1. The molecule has 7 atom stereocenters. The summed E-state index contributed by atoms with van der Waals surface area (Å²) in [5.41, 5.74) is -0.871. The summed E-state index contributed by atoms with van der Waals surface area (Å²) in [4.78, 5) is 16.3. The van der Waals surface area contributed by atoms with Gasteiger partial charge in [0.25, 0.3) is 5.09 Å². The van der Waals surface area contributed by atoms with E-state index in [1.54, 1.807) is 0 Å². The van der Waals surface area contributed by atoms with E-state index in [1.807, 2.05) is 0 Å². The Morgan fingerprint density at radius 1 is 1.04 bits per heavy atom. The quantitative estimate of drug-likeness (QED) is 0.621. The van der Waals surface area contributed by atoms with Gasteiger partial charge in [0.1, 0.15) is 6.10 Å². The van der Waals surface area contributed by atoms with E-state index in [9.17, 15) is 15.2 Å². The second-order valence-corrected chi connectivity index (χ2v) is 8.90. The predicted molar refractivity (Wildman–Crippen MR) is 85.1 cm³/mol. The van der Waals surface area contributed by atoms with E-state index in [1.165, 1.54) is 32.1 Å². The van der Waals surface area contributed by atoms with Crippen molar-refractivity contribution in [3.05, 3.63) is 10.1 Å². The third-order valence-electron chi connectivity index (χ3n) is 7.97. The molecule has 0 saturated heterocycles. The van der Waals surface area contributed by atoms with Gasteiger partial charge in [0.15, 0.2) is 0 Å². The lowest BCUT2D eigenvalue weighted by Gasteiger charge is -2.61. The highest BCUT2D eigenvalue weighted by atomic mass is 17.0. The molecule has 0 aromatic carbocycles. The standard InChI is InChI=1S/C18H29NO4/c1-17-10-4-7-14(17)15-9-8-12-5-2-3-6-13(12)18(15,20)16(11-17)23-19(21)22/h12-16,20H,2-11H2,1H3/t12?,13-,14-,15-,16?,17-,18-/m0/s1. The Morgan fingerprint density at radius 3 is 2.57 bits per heavy atom. The molecule has 0 spiro atoms. The van der Waals surface area contributed by atoms with Crippen molar-refractivity contribution < 1.29 is 15.0 Å². The molecule has 0 bridgehead atoms. The summed E-state index contributed by atoms with van der Waals surface area (Å²) >= 11 is 0. The maximum atomic E-state index is 11.8. The molecule has 4 aliphatic carbocycles. The van der Waals surface area contributed by atoms with Crippen LogP contribution < -0.4 is 0 Å². The van der Waals surface area contributed by atoms with Gasteiger partial charge < -0.3 is 9.94 Å². The first-order chi connectivity index (χ1) is 10.9. The van der Waals surface area contributed by atoms with Gasteiger partial charge in [-0.25, -0.2) is 0 Å². The largest absolute Gasteiger partial charge is 0.387 e. The highest BCUT2D eigenvalue weighted by Gasteiger charge is 2.65. The lowest BCUT2D eigenvalue weighted by molar-refractivity contribution is -0.775. The minimum absolute atomic E-state index is 0.110. The zero-order valence-corrected chi connectivity index (χ0v) is 14.1. The number of aliphatic hydroxyl groups is 1. The number of hydrogen-bond acceptors (Lipinski definition) is 4. The first-order valence-electron chi connectivity index (χ1n) is 9.48. The van der Waals surface area contributed by atoms with Gasteiger partial charge in [0, 0.05) is 0 Å². The molecule has 5 heteroatoms. The Bertz CT molecular complexity index is 497. The minimum atomic E-state index is -0.981. The van der Waals surface area contributed by atoms with Crippen LogP contribution in [0.5, 0.6) is 0 Å². The highest BCUT2D eigenvalue weighted by Crippen LogP contribution is 2.64. The average Bonchev–Trinajstić information content (AvgIpc) is 2.88. The van der Waals surface area contributed by atoms with Gasteiger partial charge >= 0.3 is 0 Å². The molecular formula is C18H29NO4. The van der Waals surface area contributed by atoms with Crippen LogP contribution in [0.4, 0.5) is 0 Å². The molecule has 23 heavy (non-hydrogen) atoms. The summed E-state index contributed by atoms with van der Waals surface area (Å²) in [6, 6.07) is 0. The Hall–Kier alpha value is -0.840. The fourth-order valence-corrected chi connectivity index (χ4v) is 7.08. The molecule has 0 aliphatic heterocycles. The second kappa shape index (κ2) is 5.33. The zero-order valence-electron chi connectivity index (χ0n) is 14.1. The van der Waals surface area contributed by atoms with Crippen molar-refractivity contribution in [3.8, 4) is 0 Å². The Labute approximate surface area is 137 Å². The zero-order chi connectivity index (χ0) is 16.2. The normalized spacial score (nSPS) is 52.2. The number of fused-ring (bicyclic) bond motifs is 5. The van der Waals surface area contributed by atoms with Gasteiger partial charge in [-0.2, -0.15) is 0 Å². The fraction of sp³-hybridized carbons (Fsp3) is 1.00. The summed E-state index contributed by atoms with van der Waals surface area (Å²) in [5.74, 6) is 1.44. The molecule has 4 rings (SSSR count). The monoisotopic (exact) mass is 323 g/mol. The molecule has 4 saturated carbocycles. The second-order valence-electron chi connectivity index (χ2n) is 8.90. The van der Waals surface area contributed by atoms with Crippen LogP contribution in [0.3, 0.4) is 0 Å². The van der Waals surface area contributed by atoms with Crippen LogP contribution in [0.15, 0.2) is 0 Å². The maximum Gasteiger partial charge on any atom is 0.294 e. The third-order valence-corrected chi connectivity index (χ3v) is 7.97. The van der Waals surface area contributed by atoms with E-state index in [0.29, 0.717) is 18.3 Å². The van der Waals surface area contributed by atoms with Gasteiger partial charge in [-0.15, -0.1) is 10.1 Å². The molecule has 0 heterocycles. The molecule has 2 unspecified atom stereocenters. The molecule has 4 aliphatic rings. The predicted octanol–water partition coefficient (Wildman–Crippen LogP) is 3.72. The van der Waals surface area contributed by atoms with Gasteiger partial charge in [0.2, 0.25) is 0 Å². The Balaban J connectivity index is 1.73. The molecular weight excluding hydrogens is 294 g/mol. The SMILES string of the molecule is C[C@@]12CCC[C@H]1[C@@H]1CCC3CCCC[C@@H]3[C@@]1(O)C(O[N+](=O)[O-])C2. The van der Waals surface area contributed by atoms with E-state index in [2.05, 4.69) is 6.92 Å². The van der Waals surface area contributed by atoms with Crippen molar-refractivity contribution in [2.75, 3.05) is 0 Å². The molecule has 0 aromatic heterocycles. The van der Waals surface area contributed by atoms with E-state index in [4.69, 9.17) is 4.84 Å². The van der Waals surface area contributed by atoms with E-state index < -0.39 is 16.8 Å². The van der Waals surface area contributed by atoms with Crippen LogP contribution >= 0.6 is 0 Å². The van der Waals surface area contributed by atoms with E-state index in [-0.39, 0.29) is 17.3 Å². The van der Waals surface area contributed by atoms with Crippen LogP contribution in [0, 0.1) is 39.2 Å². The van der Waals surface area contributed by atoms with Crippen LogP contribution in [-0.4, -0.2) is 21.9 Å². The number of rotatable bonds is 2. The maximum absolute atomic E-state index is 11.8. The van der Waals surface area contributed by atoms with Gasteiger partial charge in [-0.05, 0) is 67.6 Å². The van der Waals surface area contributed by atoms with Crippen molar-refractivity contribution in [2.24, 2.45) is 29.1 Å². The smallest absolute Gasteiger partial charge is 0.294 e. The van der Waals surface area contributed by atoms with E-state index >= 15 is 0 Å². The highest BCUT2D eigenvalue weighted by molar-refractivity contribution is 5.14. The lowest BCUT2D eigenvalue weighted by Crippen LogP contribution is -2.67. The van der Waals surface area contributed by atoms with Crippen LogP contribution in [0.2, 0.25) is 0 Å². The van der Waals surface area contributed by atoms with E-state index in [0.717, 1.165) is 25.7 Å².